The van der Waals surface area contributed by atoms with Crippen LogP contribution in [0.15, 0.2) is 47.3 Å². The van der Waals surface area contributed by atoms with Crippen LogP contribution in [0.4, 0.5) is 0 Å². The molecule has 5 heteroatoms. The van der Waals surface area contributed by atoms with Crippen LogP contribution in [-0.2, 0) is 13.0 Å². The number of nitrogens with one attached hydrogen (secondary N) is 2. The average molecular weight is 352 g/mol. The van der Waals surface area contributed by atoms with Crippen LogP contribution in [0.25, 0.3) is 10.9 Å². The van der Waals surface area contributed by atoms with Crippen molar-refractivity contribution in [1.82, 2.24) is 10.3 Å². The van der Waals surface area contributed by atoms with Crippen molar-refractivity contribution in [2.24, 2.45) is 0 Å². The number of aryl methyl sites for hydroxylation is 1. The lowest BCUT2D eigenvalue weighted by Gasteiger charge is -2.10. The summed E-state index contributed by atoms with van der Waals surface area (Å²) >= 11 is 0. The van der Waals surface area contributed by atoms with Gasteiger partial charge in [-0.1, -0.05) is 17.7 Å². The van der Waals surface area contributed by atoms with E-state index < -0.39 is 0 Å². The number of hydrogen-bond donors (Lipinski definition) is 2. The Morgan fingerprint density at radius 1 is 1.00 bits per heavy atom. The normalized spacial score (nSPS) is 10.9. The highest BCUT2D eigenvalue weighted by Gasteiger charge is 2.06. The van der Waals surface area contributed by atoms with Gasteiger partial charge in [0.2, 0.25) is 0 Å². The number of hydrogen-bond acceptors (Lipinski definition) is 4. The van der Waals surface area contributed by atoms with Gasteiger partial charge in [-0.15, -0.1) is 0 Å². The van der Waals surface area contributed by atoms with Crippen LogP contribution in [0.3, 0.4) is 0 Å². The van der Waals surface area contributed by atoms with Gasteiger partial charge in [-0.3, -0.25) is 4.79 Å². The average Bonchev–Trinajstić information content (AvgIpc) is 2.65. The molecule has 0 atom stereocenters. The molecule has 0 unspecified atom stereocenters. The first kappa shape index (κ1) is 18.0. The fourth-order valence-corrected chi connectivity index (χ4v) is 2.99. The van der Waals surface area contributed by atoms with Crippen molar-refractivity contribution in [1.29, 1.82) is 0 Å². The van der Waals surface area contributed by atoms with Crippen molar-refractivity contribution >= 4 is 10.9 Å². The molecule has 0 aliphatic heterocycles. The van der Waals surface area contributed by atoms with Gasteiger partial charge in [-0.2, -0.15) is 0 Å². The molecule has 1 heterocycles. The zero-order valence-corrected chi connectivity index (χ0v) is 15.4. The van der Waals surface area contributed by atoms with Gasteiger partial charge in [-0.25, -0.2) is 0 Å². The van der Waals surface area contributed by atoms with Gasteiger partial charge in [0.15, 0.2) is 11.5 Å². The summed E-state index contributed by atoms with van der Waals surface area (Å²) in [6.45, 7) is 3.35. The lowest BCUT2D eigenvalue weighted by Crippen LogP contribution is -2.22. The van der Waals surface area contributed by atoms with Crippen molar-refractivity contribution in [3.05, 3.63) is 69.5 Å². The maximum absolute atomic E-state index is 12.2. The molecule has 3 aromatic rings. The van der Waals surface area contributed by atoms with Crippen LogP contribution < -0.4 is 20.3 Å². The highest BCUT2D eigenvalue weighted by atomic mass is 16.5. The topological polar surface area (TPSA) is 63.3 Å². The molecule has 0 spiro atoms. The molecule has 2 aromatic carbocycles. The largest absolute Gasteiger partial charge is 0.493 e. The van der Waals surface area contributed by atoms with Gasteiger partial charge in [0.1, 0.15) is 0 Å². The second-order valence-electron chi connectivity index (χ2n) is 6.33. The third kappa shape index (κ3) is 4.06. The highest BCUT2D eigenvalue weighted by Crippen LogP contribution is 2.27. The second kappa shape index (κ2) is 8.06. The van der Waals surface area contributed by atoms with Crippen LogP contribution in [0, 0.1) is 6.92 Å². The van der Waals surface area contributed by atoms with Crippen molar-refractivity contribution in [3.8, 4) is 11.5 Å². The third-order valence-electron chi connectivity index (χ3n) is 4.43. The third-order valence-corrected chi connectivity index (χ3v) is 4.43. The molecule has 0 bridgehead atoms. The molecule has 1 aromatic heterocycles. The number of aromatic amines is 1. The predicted molar refractivity (Wildman–Crippen MR) is 104 cm³/mol. The molecular formula is C21H24N2O3. The lowest BCUT2D eigenvalue weighted by molar-refractivity contribution is 0.354. The van der Waals surface area contributed by atoms with E-state index in [1.54, 1.807) is 14.2 Å². The minimum absolute atomic E-state index is 0.0417. The van der Waals surface area contributed by atoms with E-state index in [-0.39, 0.29) is 5.56 Å². The SMILES string of the molecule is COc1ccc(CCNCc2cc3cc(C)ccc3[nH]c2=O)cc1OC. The fraction of sp³-hybridized carbons (Fsp3) is 0.286. The van der Waals surface area contributed by atoms with E-state index in [1.807, 2.05) is 43.3 Å². The summed E-state index contributed by atoms with van der Waals surface area (Å²) in [5.74, 6) is 1.45. The number of ether oxygens (including phenoxy) is 2. The molecule has 2 N–H and O–H groups in total. The molecule has 136 valence electrons. The summed E-state index contributed by atoms with van der Waals surface area (Å²) in [5, 5.41) is 4.40. The van der Waals surface area contributed by atoms with Crippen molar-refractivity contribution in [2.75, 3.05) is 20.8 Å². The van der Waals surface area contributed by atoms with Crippen molar-refractivity contribution in [2.45, 2.75) is 19.9 Å². The Bertz CT molecular complexity index is 963. The fourth-order valence-electron chi connectivity index (χ4n) is 2.99. The summed E-state index contributed by atoms with van der Waals surface area (Å²) in [4.78, 5) is 15.2. The van der Waals surface area contributed by atoms with Crippen LogP contribution >= 0.6 is 0 Å². The predicted octanol–water partition coefficient (Wildman–Crippen LogP) is 3.19. The molecule has 0 fully saturated rings. The van der Waals surface area contributed by atoms with Gasteiger partial charge in [-0.05, 0) is 61.2 Å². The summed E-state index contributed by atoms with van der Waals surface area (Å²) in [5.41, 5.74) is 3.90. The molecular weight excluding hydrogens is 328 g/mol. The van der Waals surface area contributed by atoms with E-state index in [0.29, 0.717) is 6.54 Å². The summed E-state index contributed by atoms with van der Waals surface area (Å²) in [7, 11) is 3.26. The lowest BCUT2D eigenvalue weighted by atomic mass is 10.1. The smallest absolute Gasteiger partial charge is 0.252 e. The highest BCUT2D eigenvalue weighted by molar-refractivity contribution is 5.79. The van der Waals surface area contributed by atoms with E-state index in [9.17, 15) is 4.79 Å². The van der Waals surface area contributed by atoms with Crippen LogP contribution in [-0.4, -0.2) is 25.7 Å². The number of benzene rings is 2. The Hall–Kier alpha value is -2.79. The van der Waals surface area contributed by atoms with E-state index >= 15 is 0 Å². The van der Waals surface area contributed by atoms with Crippen LogP contribution in [0.1, 0.15) is 16.7 Å². The maximum Gasteiger partial charge on any atom is 0.252 e. The number of rotatable bonds is 7. The molecule has 26 heavy (non-hydrogen) atoms. The van der Waals surface area contributed by atoms with Gasteiger partial charge in [0.05, 0.1) is 14.2 Å². The number of methoxy groups -OCH3 is 2. The number of pyridine rings is 1. The molecule has 0 radical (unpaired) electrons. The molecule has 0 aliphatic rings. The van der Waals surface area contributed by atoms with Gasteiger partial charge in [0, 0.05) is 17.6 Å². The zero-order chi connectivity index (χ0) is 18.5. The quantitative estimate of drug-likeness (QED) is 0.641. The van der Waals surface area contributed by atoms with Crippen molar-refractivity contribution in [3.63, 3.8) is 0 Å². The zero-order valence-electron chi connectivity index (χ0n) is 15.4. The van der Waals surface area contributed by atoms with E-state index in [1.165, 1.54) is 5.56 Å². The second-order valence-corrected chi connectivity index (χ2v) is 6.33. The minimum Gasteiger partial charge on any atom is -0.493 e. The molecule has 0 saturated heterocycles. The van der Waals surface area contributed by atoms with E-state index in [2.05, 4.69) is 16.4 Å². The Morgan fingerprint density at radius 2 is 1.81 bits per heavy atom. The Balaban J connectivity index is 1.62. The standard InChI is InChI=1S/C21H24N2O3/c1-14-4-6-18-16(10-14)12-17(21(24)23-18)13-22-9-8-15-5-7-19(25-2)20(11-15)26-3/h4-7,10-12,22H,8-9,13H2,1-3H3,(H,23,24). The molecule has 3 rings (SSSR count). The van der Waals surface area contributed by atoms with Gasteiger partial charge < -0.3 is 19.8 Å². The summed E-state index contributed by atoms with van der Waals surface area (Å²) in [6, 6.07) is 13.9. The molecule has 0 saturated carbocycles. The monoisotopic (exact) mass is 352 g/mol. The first-order valence-electron chi connectivity index (χ1n) is 8.65. The Kier molecular flexibility index (Phi) is 5.58. The van der Waals surface area contributed by atoms with Gasteiger partial charge in [0.25, 0.3) is 5.56 Å². The van der Waals surface area contributed by atoms with E-state index in [4.69, 9.17) is 9.47 Å². The minimum atomic E-state index is -0.0417. The van der Waals surface area contributed by atoms with Crippen molar-refractivity contribution < 1.29 is 9.47 Å². The van der Waals surface area contributed by atoms with Gasteiger partial charge >= 0.3 is 0 Å². The summed E-state index contributed by atoms with van der Waals surface area (Å²) in [6.07, 6.45) is 0.838. The first-order valence-corrected chi connectivity index (χ1v) is 8.65. The number of H-pyrrole nitrogens is 1. The molecule has 0 aliphatic carbocycles. The van der Waals surface area contributed by atoms with Crippen LogP contribution in [0.2, 0.25) is 0 Å². The Labute approximate surface area is 153 Å². The maximum atomic E-state index is 12.2. The van der Waals surface area contributed by atoms with E-state index in [0.717, 1.165) is 46.5 Å². The van der Waals surface area contributed by atoms with Crippen LogP contribution in [0.5, 0.6) is 11.5 Å². The number of aromatic nitrogens is 1. The number of fused-ring (bicyclic) bond motifs is 1. The first-order chi connectivity index (χ1) is 12.6. The molecule has 5 nitrogen and oxygen atoms in total. The summed E-state index contributed by atoms with van der Waals surface area (Å²) < 4.78 is 10.6. The molecule has 0 amide bonds. The Morgan fingerprint density at radius 3 is 2.58 bits per heavy atom.